The minimum absolute atomic E-state index is 0.390. The molecule has 4 bridgehead atoms. The van der Waals surface area contributed by atoms with Gasteiger partial charge in [0.05, 0.1) is 0 Å². The molecule has 4 fully saturated rings. The Kier molecular flexibility index (Phi) is 3.44. The number of aromatic nitrogens is 1. The number of anilines is 1. The zero-order chi connectivity index (χ0) is 15.3. The van der Waals surface area contributed by atoms with Crippen LogP contribution in [0.25, 0.3) is 0 Å². The Morgan fingerprint density at radius 3 is 2.41 bits per heavy atom. The maximum atomic E-state index is 11.2. The van der Waals surface area contributed by atoms with Crippen LogP contribution < -0.4 is 10.6 Å². The Labute approximate surface area is 136 Å². The van der Waals surface area contributed by atoms with Gasteiger partial charge in [-0.05, 0) is 68.1 Å². The Balaban J connectivity index is 1.40. The summed E-state index contributed by atoms with van der Waals surface area (Å²) in [5, 5.41) is 2.68. The molecule has 4 nitrogen and oxygen atoms in total. The molecule has 0 spiro atoms. The van der Waals surface area contributed by atoms with Gasteiger partial charge in [-0.15, -0.1) is 11.3 Å². The fraction of sp³-hybridized carbons (Fsp3) is 0.765. The first-order valence-electron chi connectivity index (χ1n) is 8.49. The Morgan fingerprint density at radius 2 is 1.91 bits per heavy atom. The lowest BCUT2D eigenvalue weighted by molar-refractivity contribution is -0.0558. The summed E-state index contributed by atoms with van der Waals surface area (Å²) in [6.45, 7) is 1.04. The predicted octanol–water partition coefficient (Wildman–Crippen LogP) is 3.28. The first-order valence-corrected chi connectivity index (χ1v) is 9.37. The molecule has 1 aromatic heterocycles. The zero-order valence-corrected chi connectivity index (χ0v) is 14.1. The van der Waals surface area contributed by atoms with Crippen molar-refractivity contribution in [2.75, 3.05) is 18.5 Å². The molecule has 1 heterocycles. The Morgan fingerprint density at radius 1 is 1.32 bits per heavy atom. The molecule has 5 heteroatoms. The van der Waals surface area contributed by atoms with E-state index in [0.29, 0.717) is 11.1 Å². The number of carbonyl (C=O) groups is 1. The van der Waals surface area contributed by atoms with Crippen molar-refractivity contribution in [2.24, 2.45) is 28.9 Å². The molecule has 0 radical (unpaired) electrons. The molecule has 4 aliphatic rings. The average Bonchev–Trinajstić information content (AvgIpc) is 2.93. The second-order valence-corrected chi connectivity index (χ2v) is 8.81. The number of hydrogen-bond donors (Lipinski definition) is 1. The molecule has 5 rings (SSSR count). The third kappa shape index (κ3) is 2.53. The molecule has 0 aromatic carbocycles. The highest BCUT2D eigenvalue weighted by Crippen LogP contribution is 2.61. The van der Waals surface area contributed by atoms with E-state index >= 15 is 0 Å². The SMILES string of the molecule is CN(CCC12CC3CC(CC(C3)C1)C2)c1nc(C(N)=O)cs1. The fourth-order valence-electron chi connectivity index (χ4n) is 5.65. The summed E-state index contributed by atoms with van der Waals surface area (Å²) < 4.78 is 0. The lowest BCUT2D eigenvalue weighted by atomic mass is 9.49. The topological polar surface area (TPSA) is 59.2 Å². The van der Waals surface area contributed by atoms with E-state index in [1.165, 1.54) is 56.3 Å². The molecule has 2 N–H and O–H groups in total. The van der Waals surface area contributed by atoms with E-state index in [1.54, 1.807) is 5.38 Å². The van der Waals surface area contributed by atoms with Crippen molar-refractivity contribution in [3.05, 3.63) is 11.1 Å². The van der Waals surface area contributed by atoms with Crippen molar-refractivity contribution in [3.63, 3.8) is 0 Å². The number of nitrogens with zero attached hydrogens (tertiary/aromatic N) is 2. The molecule has 1 amide bonds. The van der Waals surface area contributed by atoms with Crippen LogP contribution >= 0.6 is 11.3 Å². The number of amides is 1. The monoisotopic (exact) mass is 319 g/mol. The van der Waals surface area contributed by atoms with E-state index in [0.717, 1.165) is 29.4 Å². The number of thiazole rings is 1. The molecule has 0 atom stereocenters. The second kappa shape index (κ2) is 5.22. The van der Waals surface area contributed by atoms with Gasteiger partial charge in [-0.1, -0.05) is 0 Å². The van der Waals surface area contributed by atoms with Crippen molar-refractivity contribution in [1.29, 1.82) is 0 Å². The highest BCUT2D eigenvalue weighted by molar-refractivity contribution is 7.13. The van der Waals surface area contributed by atoms with Crippen LogP contribution in [-0.4, -0.2) is 24.5 Å². The molecule has 22 heavy (non-hydrogen) atoms. The van der Waals surface area contributed by atoms with Crippen LogP contribution in [0.4, 0.5) is 5.13 Å². The van der Waals surface area contributed by atoms with Gasteiger partial charge in [-0.25, -0.2) is 4.98 Å². The summed E-state index contributed by atoms with van der Waals surface area (Å²) in [6, 6.07) is 0. The van der Waals surface area contributed by atoms with Gasteiger partial charge in [-0.2, -0.15) is 0 Å². The minimum atomic E-state index is -0.433. The quantitative estimate of drug-likeness (QED) is 0.906. The third-order valence-electron chi connectivity index (χ3n) is 6.21. The van der Waals surface area contributed by atoms with Crippen molar-refractivity contribution in [2.45, 2.75) is 44.9 Å². The summed E-state index contributed by atoms with van der Waals surface area (Å²) in [4.78, 5) is 17.7. The van der Waals surface area contributed by atoms with Gasteiger partial charge in [-0.3, -0.25) is 4.79 Å². The van der Waals surface area contributed by atoms with E-state index in [4.69, 9.17) is 5.73 Å². The molecule has 4 saturated carbocycles. The van der Waals surface area contributed by atoms with E-state index in [2.05, 4.69) is 16.9 Å². The maximum Gasteiger partial charge on any atom is 0.268 e. The fourth-order valence-corrected chi connectivity index (χ4v) is 6.46. The molecule has 120 valence electrons. The lowest BCUT2D eigenvalue weighted by Gasteiger charge is -2.57. The van der Waals surface area contributed by atoms with Crippen LogP contribution in [-0.2, 0) is 0 Å². The van der Waals surface area contributed by atoms with Crippen molar-refractivity contribution in [3.8, 4) is 0 Å². The van der Waals surface area contributed by atoms with Crippen LogP contribution in [0.1, 0.15) is 55.4 Å². The second-order valence-electron chi connectivity index (χ2n) is 7.97. The van der Waals surface area contributed by atoms with Crippen molar-refractivity contribution >= 4 is 22.4 Å². The minimum Gasteiger partial charge on any atom is -0.364 e. The maximum absolute atomic E-state index is 11.2. The molecule has 4 aliphatic carbocycles. The smallest absolute Gasteiger partial charge is 0.268 e. The number of hydrogen-bond acceptors (Lipinski definition) is 4. The van der Waals surface area contributed by atoms with Gasteiger partial charge in [0.15, 0.2) is 5.13 Å². The Hall–Kier alpha value is -1.10. The number of carbonyl (C=O) groups excluding carboxylic acids is 1. The van der Waals surface area contributed by atoms with Gasteiger partial charge in [0.25, 0.3) is 5.91 Å². The number of nitrogens with two attached hydrogens (primary N) is 1. The van der Waals surface area contributed by atoms with Gasteiger partial charge in [0.2, 0.25) is 0 Å². The van der Waals surface area contributed by atoms with Crippen LogP contribution in [0.15, 0.2) is 5.38 Å². The standard InChI is InChI=1S/C17H25N3OS/c1-20(16-19-14(10-22-16)15(18)21)3-2-17-7-11-4-12(8-17)6-13(5-11)9-17/h10-13H,2-9H2,1H3,(H2,18,21). The van der Waals surface area contributed by atoms with E-state index in [-0.39, 0.29) is 0 Å². The zero-order valence-electron chi connectivity index (χ0n) is 13.3. The van der Waals surface area contributed by atoms with Gasteiger partial charge < -0.3 is 10.6 Å². The summed E-state index contributed by atoms with van der Waals surface area (Å²) in [7, 11) is 2.09. The first kappa shape index (κ1) is 14.5. The summed E-state index contributed by atoms with van der Waals surface area (Å²) in [6.07, 6.45) is 10.2. The first-order chi connectivity index (χ1) is 10.5. The molecule has 0 unspecified atom stereocenters. The number of primary amides is 1. The molecule has 1 aromatic rings. The normalized spacial score (nSPS) is 35.8. The Bertz CT molecular complexity index is 547. The summed E-state index contributed by atoms with van der Waals surface area (Å²) in [5.74, 6) is 2.60. The van der Waals surface area contributed by atoms with E-state index in [9.17, 15) is 4.79 Å². The highest BCUT2D eigenvalue weighted by atomic mass is 32.1. The molecular formula is C17H25N3OS. The summed E-state index contributed by atoms with van der Waals surface area (Å²) in [5.41, 5.74) is 6.28. The number of rotatable bonds is 5. The van der Waals surface area contributed by atoms with E-state index < -0.39 is 5.91 Å². The summed E-state index contributed by atoms with van der Waals surface area (Å²) >= 11 is 1.52. The molecule has 0 aliphatic heterocycles. The largest absolute Gasteiger partial charge is 0.364 e. The lowest BCUT2D eigenvalue weighted by Crippen LogP contribution is -2.47. The van der Waals surface area contributed by atoms with E-state index in [1.807, 2.05) is 0 Å². The van der Waals surface area contributed by atoms with Gasteiger partial charge in [0.1, 0.15) is 5.69 Å². The highest BCUT2D eigenvalue weighted by Gasteiger charge is 2.50. The molecule has 0 saturated heterocycles. The molecular weight excluding hydrogens is 294 g/mol. The van der Waals surface area contributed by atoms with Crippen LogP contribution in [0.5, 0.6) is 0 Å². The van der Waals surface area contributed by atoms with Gasteiger partial charge in [0, 0.05) is 19.0 Å². The van der Waals surface area contributed by atoms with Gasteiger partial charge >= 0.3 is 0 Å². The van der Waals surface area contributed by atoms with Crippen molar-refractivity contribution in [1.82, 2.24) is 4.98 Å². The van der Waals surface area contributed by atoms with Crippen molar-refractivity contribution < 1.29 is 4.79 Å². The van der Waals surface area contributed by atoms with Crippen LogP contribution in [0, 0.1) is 23.2 Å². The third-order valence-corrected chi connectivity index (χ3v) is 7.17. The predicted molar refractivity (Wildman–Crippen MR) is 89.1 cm³/mol. The van der Waals surface area contributed by atoms with Crippen LogP contribution in [0.3, 0.4) is 0 Å². The average molecular weight is 319 g/mol. The van der Waals surface area contributed by atoms with Crippen LogP contribution in [0.2, 0.25) is 0 Å².